The van der Waals surface area contributed by atoms with Gasteiger partial charge >= 0.3 is 0 Å². The molecule has 1 aliphatic rings. The Morgan fingerprint density at radius 1 is 1.15 bits per heavy atom. The van der Waals surface area contributed by atoms with E-state index >= 15 is 0 Å². The van der Waals surface area contributed by atoms with Gasteiger partial charge in [0.1, 0.15) is 10.7 Å². The molecule has 0 aliphatic carbocycles. The van der Waals surface area contributed by atoms with Crippen LogP contribution < -0.4 is 16.6 Å². The quantitative estimate of drug-likeness (QED) is 0.271. The highest BCUT2D eigenvalue weighted by Gasteiger charge is 2.33. The van der Waals surface area contributed by atoms with Crippen molar-refractivity contribution in [3.05, 3.63) is 55.9 Å². The molecule has 4 N–H and O–H groups in total. The number of nitrogens with two attached hydrogens (primary N) is 1. The number of rotatable bonds is 3. The van der Waals surface area contributed by atoms with Gasteiger partial charge in [0.2, 0.25) is 0 Å². The molecule has 0 unspecified atom stereocenters. The summed E-state index contributed by atoms with van der Waals surface area (Å²) in [5.41, 5.74) is 2.96. The van der Waals surface area contributed by atoms with Gasteiger partial charge in [0, 0.05) is 18.2 Å². The summed E-state index contributed by atoms with van der Waals surface area (Å²) in [6.07, 6.45) is 0. The van der Waals surface area contributed by atoms with Gasteiger partial charge < -0.3 is 5.73 Å². The smallest absolute Gasteiger partial charge is 0.296 e. The van der Waals surface area contributed by atoms with Gasteiger partial charge in [0.05, 0.1) is 21.7 Å². The Morgan fingerprint density at radius 3 is 2.38 bits per heavy atom. The van der Waals surface area contributed by atoms with Crippen molar-refractivity contribution in [2.24, 2.45) is 0 Å². The Balaban J connectivity index is 2.41. The van der Waals surface area contributed by atoms with Gasteiger partial charge in [-0.2, -0.15) is 8.42 Å². The van der Waals surface area contributed by atoms with Crippen LogP contribution in [0.15, 0.2) is 34.0 Å². The lowest BCUT2D eigenvalue weighted by molar-refractivity contribution is -0.385. The summed E-state index contributed by atoms with van der Waals surface area (Å²) in [6.45, 7) is 0. The average Bonchev–Trinajstić information content (AvgIpc) is 2.80. The first-order chi connectivity index (χ1) is 12.0. The number of pyridine rings is 1. The van der Waals surface area contributed by atoms with Crippen molar-refractivity contribution in [2.75, 3.05) is 5.73 Å². The molecule has 0 atom stereocenters. The molecule has 134 valence electrons. The van der Waals surface area contributed by atoms with E-state index in [9.17, 15) is 37.5 Å². The van der Waals surface area contributed by atoms with Crippen molar-refractivity contribution in [3.63, 3.8) is 0 Å². The molecule has 1 aromatic carbocycles. The molecule has 26 heavy (non-hydrogen) atoms. The van der Waals surface area contributed by atoms with Crippen molar-refractivity contribution >= 4 is 33.4 Å². The SMILES string of the molecule is Nc1c2c(cc(=O)n1-c1ccc([N+](=O)[O-])cc1S(=O)(=O)O)C(=O)NC2=O. The predicted molar refractivity (Wildman–Crippen MR) is 84.7 cm³/mol. The summed E-state index contributed by atoms with van der Waals surface area (Å²) >= 11 is 0. The number of nitro benzene ring substituents is 1. The highest BCUT2D eigenvalue weighted by atomic mass is 32.2. The Hall–Kier alpha value is -3.58. The van der Waals surface area contributed by atoms with Crippen LogP contribution >= 0.6 is 0 Å². The van der Waals surface area contributed by atoms with Gasteiger partial charge in [-0.25, -0.2) is 0 Å². The standard InChI is InChI=1S/C13H8N4O8S/c14-11-10-6(12(19)15-13(10)20)4-9(18)16(11)7-2-1-5(17(21)22)3-8(7)26(23,24)25/h1-4H,14H2,(H,15,19,20)(H,23,24,25). The van der Waals surface area contributed by atoms with E-state index in [-0.39, 0.29) is 11.1 Å². The Kier molecular flexibility index (Phi) is 3.63. The van der Waals surface area contributed by atoms with Crippen molar-refractivity contribution in [2.45, 2.75) is 4.90 Å². The van der Waals surface area contributed by atoms with E-state index < -0.39 is 54.5 Å². The minimum Gasteiger partial charge on any atom is -0.384 e. The van der Waals surface area contributed by atoms with Crippen molar-refractivity contribution < 1.29 is 27.5 Å². The van der Waals surface area contributed by atoms with Gasteiger partial charge in [-0.3, -0.25) is 38.9 Å². The molecular weight excluding hydrogens is 372 g/mol. The van der Waals surface area contributed by atoms with Crippen LogP contribution in [0.1, 0.15) is 20.7 Å². The third kappa shape index (κ3) is 2.51. The molecule has 0 spiro atoms. The largest absolute Gasteiger partial charge is 0.384 e. The van der Waals surface area contributed by atoms with Crippen LogP contribution in [-0.2, 0) is 10.1 Å². The maximum atomic E-state index is 12.3. The van der Waals surface area contributed by atoms with Crippen LogP contribution in [0.4, 0.5) is 11.5 Å². The molecule has 12 nitrogen and oxygen atoms in total. The fourth-order valence-electron chi connectivity index (χ4n) is 2.54. The van der Waals surface area contributed by atoms with Gasteiger partial charge in [-0.15, -0.1) is 0 Å². The van der Waals surface area contributed by atoms with Crippen molar-refractivity contribution in [1.82, 2.24) is 9.88 Å². The number of non-ortho nitro benzene ring substituents is 1. The lowest BCUT2D eigenvalue weighted by Crippen LogP contribution is -2.25. The molecule has 0 radical (unpaired) electrons. The normalized spacial score (nSPS) is 13.4. The number of carbonyl (C=O) groups excluding carboxylic acids is 2. The molecule has 13 heteroatoms. The first-order valence-electron chi connectivity index (χ1n) is 6.70. The fraction of sp³-hybridized carbons (Fsp3) is 0. The summed E-state index contributed by atoms with van der Waals surface area (Å²) < 4.78 is 33.2. The molecule has 0 saturated carbocycles. The van der Waals surface area contributed by atoms with E-state index in [0.717, 1.165) is 18.2 Å². The zero-order valence-corrected chi connectivity index (χ0v) is 13.3. The van der Waals surface area contributed by atoms with Crippen LogP contribution in [-0.4, -0.2) is 34.3 Å². The Labute approximate surface area is 143 Å². The second-order valence-electron chi connectivity index (χ2n) is 5.16. The maximum absolute atomic E-state index is 12.3. The highest BCUT2D eigenvalue weighted by molar-refractivity contribution is 7.86. The lowest BCUT2D eigenvalue weighted by atomic mass is 10.1. The number of hydrogen-bond donors (Lipinski definition) is 3. The third-order valence-corrected chi connectivity index (χ3v) is 4.51. The van der Waals surface area contributed by atoms with Gasteiger partial charge in [-0.1, -0.05) is 0 Å². The van der Waals surface area contributed by atoms with E-state index in [1.165, 1.54) is 0 Å². The predicted octanol–water partition coefficient (Wildman–Crippen LogP) is -0.542. The number of carbonyl (C=O) groups is 2. The summed E-state index contributed by atoms with van der Waals surface area (Å²) in [5, 5.41) is 12.8. The number of aromatic nitrogens is 1. The molecule has 3 rings (SSSR count). The highest BCUT2D eigenvalue weighted by Crippen LogP contribution is 2.28. The Morgan fingerprint density at radius 2 is 1.81 bits per heavy atom. The molecule has 0 saturated heterocycles. The van der Waals surface area contributed by atoms with E-state index in [0.29, 0.717) is 10.6 Å². The molecule has 1 aliphatic heterocycles. The van der Waals surface area contributed by atoms with Crippen LogP contribution in [0.2, 0.25) is 0 Å². The number of nitrogen functional groups attached to an aromatic ring is 1. The number of nitrogens with zero attached hydrogens (tertiary/aromatic N) is 2. The monoisotopic (exact) mass is 380 g/mol. The molecule has 2 heterocycles. The second kappa shape index (κ2) is 5.47. The zero-order chi connectivity index (χ0) is 19.4. The van der Waals surface area contributed by atoms with E-state index in [1.807, 2.05) is 5.32 Å². The number of hydrogen-bond acceptors (Lipinski definition) is 8. The summed E-state index contributed by atoms with van der Waals surface area (Å²) in [6, 6.07) is 3.06. The van der Waals surface area contributed by atoms with E-state index in [1.54, 1.807) is 0 Å². The van der Waals surface area contributed by atoms with Crippen molar-refractivity contribution in [3.8, 4) is 5.69 Å². The number of fused-ring (bicyclic) bond motifs is 1. The average molecular weight is 380 g/mol. The molecular formula is C13H8N4O8S. The third-order valence-electron chi connectivity index (χ3n) is 3.63. The fourth-order valence-corrected chi connectivity index (χ4v) is 3.23. The molecule has 0 bridgehead atoms. The second-order valence-corrected chi connectivity index (χ2v) is 6.55. The minimum atomic E-state index is -5.00. The first kappa shape index (κ1) is 17.2. The minimum absolute atomic E-state index is 0.288. The number of anilines is 1. The zero-order valence-electron chi connectivity index (χ0n) is 12.5. The maximum Gasteiger partial charge on any atom is 0.296 e. The molecule has 1 aromatic heterocycles. The first-order valence-corrected chi connectivity index (χ1v) is 8.14. The number of benzene rings is 1. The number of nitrogens with one attached hydrogen (secondary N) is 1. The molecule has 2 amide bonds. The van der Waals surface area contributed by atoms with Gasteiger partial charge in [-0.05, 0) is 6.07 Å². The molecule has 2 aromatic rings. The van der Waals surface area contributed by atoms with Crippen LogP contribution in [0, 0.1) is 10.1 Å². The van der Waals surface area contributed by atoms with Crippen LogP contribution in [0.5, 0.6) is 0 Å². The number of nitro groups is 1. The lowest BCUT2D eigenvalue weighted by Gasteiger charge is -2.14. The summed E-state index contributed by atoms with van der Waals surface area (Å²) in [7, 11) is -5.00. The Bertz CT molecular complexity index is 1180. The van der Waals surface area contributed by atoms with Gasteiger partial charge in [0.15, 0.2) is 0 Å². The van der Waals surface area contributed by atoms with E-state index in [2.05, 4.69) is 0 Å². The van der Waals surface area contributed by atoms with Crippen LogP contribution in [0.25, 0.3) is 5.69 Å². The number of amides is 2. The van der Waals surface area contributed by atoms with Crippen LogP contribution in [0.3, 0.4) is 0 Å². The van der Waals surface area contributed by atoms with Gasteiger partial charge in [0.25, 0.3) is 33.2 Å². The van der Waals surface area contributed by atoms with Crippen molar-refractivity contribution in [1.29, 1.82) is 0 Å². The number of imide groups is 1. The molecule has 0 fully saturated rings. The summed E-state index contributed by atoms with van der Waals surface area (Å²) in [4.78, 5) is 44.8. The summed E-state index contributed by atoms with van der Waals surface area (Å²) in [5.74, 6) is -2.30. The topological polar surface area (TPSA) is 192 Å². The van der Waals surface area contributed by atoms with E-state index in [4.69, 9.17) is 5.73 Å².